The van der Waals surface area contributed by atoms with Crippen molar-refractivity contribution >= 4 is 27.8 Å². The third-order valence-electron chi connectivity index (χ3n) is 4.86. The smallest absolute Gasteiger partial charge is 0.313 e. The summed E-state index contributed by atoms with van der Waals surface area (Å²) in [5.41, 5.74) is 2.59. The van der Waals surface area contributed by atoms with Crippen LogP contribution in [0.1, 0.15) is 35.7 Å². The first-order valence-electron chi connectivity index (χ1n) is 8.21. The molecule has 6 nitrogen and oxygen atoms in total. The number of aryl methyl sites for hydroxylation is 1. The van der Waals surface area contributed by atoms with Gasteiger partial charge in [0.25, 0.3) is 11.5 Å². The minimum absolute atomic E-state index is 0.0576. The molecule has 134 valence electrons. The number of hydrazone groups is 1. The number of alkyl halides is 2. The fourth-order valence-electron chi connectivity index (χ4n) is 3.13. The summed E-state index contributed by atoms with van der Waals surface area (Å²) in [5, 5.41) is 4.41. The van der Waals surface area contributed by atoms with E-state index in [4.69, 9.17) is 0 Å². The second kappa shape index (κ2) is 5.48. The van der Waals surface area contributed by atoms with Crippen molar-refractivity contribution in [3.63, 3.8) is 0 Å². The first-order chi connectivity index (χ1) is 11.8. The van der Waals surface area contributed by atoms with E-state index in [1.807, 2.05) is 0 Å². The Bertz CT molecular complexity index is 1000. The highest BCUT2D eigenvalue weighted by molar-refractivity contribution is 7.20. The summed E-state index contributed by atoms with van der Waals surface area (Å²) in [5.74, 6) is -3.55. The number of hydrogen-bond donors (Lipinski definition) is 1. The van der Waals surface area contributed by atoms with Crippen LogP contribution in [0.3, 0.4) is 0 Å². The lowest BCUT2D eigenvalue weighted by molar-refractivity contribution is 0.0950. The summed E-state index contributed by atoms with van der Waals surface area (Å²) in [6.07, 6.45) is 2.93. The fourth-order valence-corrected chi connectivity index (χ4v) is 4.31. The molecule has 0 bridgehead atoms. The van der Waals surface area contributed by atoms with Crippen LogP contribution in [0.25, 0.3) is 10.2 Å². The standard InChI is InChI=1S/C16H18F2N4O2S/c1-8-11(6-20-19-2)25-14-12(8)13(23)22(10-3-4-10)15(24)21(14)7-9-5-16(9,17)18/h6,9-10,19H,3-5,7H2,1-2H3/b20-6+. The molecule has 1 N–H and O–H groups in total. The Kier molecular flexibility index (Phi) is 3.61. The third-order valence-corrected chi connectivity index (χ3v) is 6.11. The highest BCUT2D eigenvalue weighted by Gasteiger charge is 2.57. The van der Waals surface area contributed by atoms with Crippen LogP contribution in [0, 0.1) is 12.8 Å². The van der Waals surface area contributed by atoms with Gasteiger partial charge in [-0.1, -0.05) is 0 Å². The van der Waals surface area contributed by atoms with Gasteiger partial charge in [0.2, 0.25) is 0 Å². The fraction of sp³-hybridized carbons (Fsp3) is 0.562. The number of aromatic nitrogens is 2. The average molecular weight is 368 g/mol. The number of fused-ring (bicyclic) bond motifs is 1. The first-order valence-corrected chi connectivity index (χ1v) is 9.03. The second-order valence-corrected chi connectivity index (χ2v) is 7.75. The number of nitrogens with one attached hydrogen (secondary N) is 1. The van der Waals surface area contributed by atoms with Gasteiger partial charge >= 0.3 is 5.69 Å². The molecule has 1 atom stereocenters. The lowest BCUT2D eigenvalue weighted by Crippen LogP contribution is -2.39. The summed E-state index contributed by atoms with van der Waals surface area (Å²) in [6.45, 7) is 1.74. The van der Waals surface area contributed by atoms with Gasteiger partial charge in [0, 0.05) is 32.0 Å². The average Bonchev–Trinajstić information content (AvgIpc) is 3.44. The maximum atomic E-state index is 13.4. The van der Waals surface area contributed by atoms with E-state index in [9.17, 15) is 18.4 Å². The van der Waals surface area contributed by atoms with Crippen molar-refractivity contribution in [2.24, 2.45) is 11.0 Å². The van der Waals surface area contributed by atoms with Gasteiger partial charge in [-0.3, -0.25) is 13.9 Å². The molecule has 0 radical (unpaired) electrons. The molecule has 2 aromatic heterocycles. The van der Waals surface area contributed by atoms with E-state index in [2.05, 4.69) is 10.5 Å². The van der Waals surface area contributed by atoms with E-state index in [-0.39, 0.29) is 24.6 Å². The number of thiophene rings is 1. The zero-order chi connectivity index (χ0) is 17.9. The van der Waals surface area contributed by atoms with Gasteiger partial charge in [-0.15, -0.1) is 11.3 Å². The zero-order valence-corrected chi connectivity index (χ0v) is 14.7. The molecular weight excluding hydrogens is 350 g/mol. The van der Waals surface area contributed by atoms with Crippen molar-refractivity contribution in [3.05, 3.63) is 31.3 Å². The molecule has 2 fully saturated rings. The van der Waals surface area contributed by atoms with Crippen LogP contribution in [0.15, 0.2) is 14.7 Å². The Morgan fingerprint density at radius 3 is 2.64 bits per heavy atom. The highest BCUT2D eigenvalue weighted by atomic mass is 32.1. The Labute approximate surface area is 145 Å². The Hall–Kier alpha value is -2.03. The van der Waals surface area contributed by atoms with Crippen LogP contribution in [0.2, 0.25) is 0 Å². The van der Waals surface area contributed by atoms with Crippen LogP contribution in [-0.4, -0.2) is 28.3 Å². The lowest BCUT2D eigenvalue weighted by atomic mass is 10.2. The Morgan fingerprint density at radius 2 is 2.08 bits per heavy atom. The molecule has 2 heterocycles. The van der Waals surface area contributed by atoms with E-state index < -0.39 is 17.5 Å². The predicted molar refractivity (Wildman–Crippen MR) is 93.1 cm³/mol. The SMILES string of the molecule is CN/N=C/c1sc2c(c1C)c(=O)n(C1CC1)c(=O)n2CC1CC1(F)F. The van der Waals surface area contributed by atoms with E-state index in [0.29, 0.717) is 10.2 Å². The molecule has 0 saturated heterocycles. The van der Waals surface area contributed by atoms with Gasteiger partial charge in [0.1, 0.15) is 4.83 Å². The van der Waals surface area contributed by atoms with Crippen molar-refractivity contribution in [1.29, 1.82) is 0 Å². The van der Waals surface area contributed by atoms with E-state index >= 15 is 0 Å². The van der Waals surface area contributed by atoms with Crippen molar-refractivity contribution in [3.8, 4) is 0 Å². The Balaban J connectivity index is 1.96. The minimum Gasteiger partial charge on any atom is -0.313 e. The number of halogens is 2. The summed E-state index contributed by atoms with van der Waals surface area (Å²) < 4.78 is 29.4. The molecule has 2 saturated carbocycles. The summed E-state index contributed by atoms with van der Waals surface area (Å²) in [4.78, 5) is 26.9. The zero-order valence-electron chi connectivity index (χ0n) is 13.9. The first kappa shape index (κ1) is 16.4. The maximum Gasteiger partial charge on any atom is 0.332 e. The summed E-state index contributed by atoms with van der Waals surface area (Å²) in [7, 11) is 1.66. The minimum atomic E-state index is -2.71. The molecule has 1 unspecified atom stereocenters. The van der Waals surface area contributed by atoms with Crippen molar-refractivity contribution in [2.45, 2.75) is 44.7 Å². The lowest BCUT2D eigenvalue weighted by Gasteiger charge is -2.11. The molecule has 0 aliphatic heterocycles. The molecule has 2 aliphatic rings. The summed E-state index contributed by atoms with van der Waals surface area (Å²) >= 11 is 1.24. The van der Waals surface area contributed by atoms with Crippen LogP contribution < -0.4 is 16.7 Å². The van der Waals surface area contributed by atoms with Crippen molar-refractivity contribution < 1.29 is 8.78 Å². The third kappa shape index (κ3) is 2.61. The molecule has 0 spiro atoms. The number of rotatable bonds is 5. The molecular formula is C16H18F2N4O2S. The monoisotopic (exact) mass is 368 g/mol. The predicted octanol–water partition coefficient (Wildman–Crippen LogP) is 2.08. The van der Waals surface area contributed by atoms with Gasteiger partial charge in [-0.2, -0.15) is 5.10 Å². The van der Waals surface area contributed by atoms with Crippen LogP contribution in [0.5, 0.6) is 0 Å². The number of nitrogens with zero attached hydrogens (tertiary/aromatic N) is 3. The van der Waals surface area contributed by atoms with Crippen molar-refractivity contribution in [1.82, 2.24) is 14.6 Å². The Morgan fingerprint density at radius 1 is 1.40 bits per heavy atom. The largest absolute Gasteiger partial charge is 0.332 e. The van der Waals surface area contributed by atoms with Gasteiger partial charge in [-0.25, -0.2) is 13.6 Å². The quantitative estimate of drug-likeness (QED) is 0.649. The van der Waals surface area contributed by atoms with Gasteiger partial charge in [0.15, 0.2) is 0 Å². The topological polar surface area (TPSA) is 68.4 Å². The van der Waals surface area contributed by atoms with Gasteiger partial charge in [-0.05, 0) is 25.3 Å². The van der Waals surface area contributed by atoms with E-state index in [1.165, 1.54) is 20.5 Å². The van der Waals surface area contributed by atoms with E-state index in [0.717, 1.165) is 23.3 Å². The highest BCUT2D eigenvalue weighted by Crippen LogP contribution is 2.49. The molecule has 2 aliphatic carbocycles. The van der Waals surface area contributed by atoms with Crippen LogP contribution >= 0.6 is 11.3 Å². The molecule has 0 amide bonds. The molecule has 25 heavy (non-hydrogen) atoms. The number of hydrogen-bond acceptors (Lipinski definition) is 5. The van der Waals surface area contributed by atoms with Crippen molar-refractivity contribution in [2.75, 3.05) is 7.05 Å². The summed E-state index contributed by atoms with van der Waals surface area (Å²) in [6, 6.07) is -0.107. The van der Waals surface area contributed by atoms with Crippen LogP contribution in [-0.2, 0) is 6.54 Å². The van der Waals surface area contributed by atoms with Crippen LogP contribution in [0.4, 0.5) is 8.78 Å². The molecule has 9 heteroatoms. The molecule has 4 rings (SSSR count). The van der Waals surface area contributed by atoms with Gasteiger partial charge in [0.05, 0.1) is 16.5 Å². The normalized spacial score (nSPS) is 22.0. The second-order valence-electron chi connectivity index (χ2n) is 6.71. The maximum absolute atomic E-state index is 13.4. The molecule has 2 aromatic rings. The van der Waals surface area contributed by atoms with Gasteiger partial charge < -0.3 is 5.43 Å². The molecule has 0 aromatic carbocycles. The van der Waals surface area contributed by atoms with E-state index in [1.54, 1.807) is 20.2 Å².